The van der Waals surface area contributed by atoms with Crippen LogP contribution >= 0.6 is 11.8 Å². The third-order valence-corrected chi connectivity index (χ3v) is 4.15. The largest absolute Gasteiger partial charge is 0.384 e. The monoisotopic (exact) mass is 268 g/mol. The third-order valence-electron chi connectivity index (χ3n) is 2.91. The standard InChI is InChI=1S/C11H16N4O2S/c12-14-10-3-9(4-11(5-10)15(16)17)13-6-8-1-2-18-7-8/h3-5,8,13-14H,1-2,6-7,12H2. The molecule has 1 unspecified atom stereocenters. The Kier molecular flexibility index (Phi) is 4.27. The number of hydrogen-bond donors (Lipinski definition) is 3. The number of rotatable bonds is 5. The quantitative estimate of drug-likeness (QED) is 0.430. The van der Waals surface area contributed by atoms with Crippen LogP contribution in [0.1, 0.15) is 6.42 Å². The van der Waals surface area contributed by atoms with Crippen molar-refractivity contribution in [3.8, 4) is 0 Å². The van der Waals surface area contributed by atoms with Crippen molar-refractivity contribution in [2.75, 3.05) is 28.8 Å². The predicted molar refractivity (Wildman–Crippen MR) is 74.8 cm³/mol. The number of benzene rings is 1. The van der Waals surface area contributed by atoms with Crippen LogP contribution in [0, 0.1) is 16.0 Å². The highest BCUT2D eigenvalue weighted by molar-refractivity contribution is 7.99. The van der Waals surface area contributed by atoms with Crippen molar-refractivity contribution in [1.82, 2.24) is 0 Å². The van der Waals surface area contributed by atoms with Gasteiger partial charge in [-0.05, 0) is 29.9 Å². The first kappa shape index (κ1) is 13.0. The second-order valence-electron chi connectivity index (χ2n) is 4.28. The summed E-state index contributed by atoms with van der Waals surface area (Å²) in [6.07, 6.45) is 1.20. The molecule has 1 aliphatic rings. The van der Waals surface area contributed by atoms with E-state index >= 15 is 0 Å². The summed E-state index contributed by atoms with van der Waals surface area (Å²) in [7, 11) is 0. The van der Waals surface area contributed by atoms with Gasteiger partial charge in [0.15, 0.2) is 0 Å². The number of nitrogens with one attached hydrogen (secondary N) is 2. The average molecular weight is 268 g/mol. The van der Waals surface area contributed by atoms with Crippen LogP contribution in [0.15, 0.2) is 18.2 Å². The molecular weight excluding hydrogens is 252 g/mol. The molecule has 7 heteroatoms. The van der Waals surface area contributed by atoms with Crippen LogP contribution in [0.25, 0.3) is 0 Å². The number of thioether (sulfide) groups is 1. The fourth-order valence-electron chi connectivity index (χ4n) is 1.91. The van der Waals surface area contributed by atoms with Gasteiger partial charge >= 0.3 is 0 Å². The summed E-state index contributed by atoms with van der Waals surface area (Å²) in [6.45, 7) is 0.845. The molecule has 0 saturated carbocycles. The summed E-state index contributed by atoms with van der Waals surface area (Å²) < 4.78 is 0. The van der Waals surface area contributed by atoms with Gasteiger partial charge in [-0.2, -0.15) is 11.8 Å². The molecule has 0 amide bonds. The zero-order valence-corrected chi connectivity index (χ0v) is 10.7. The molecule has 2 rings (SSSR count). The average Bonchev–Trinajstić information content (AvgIpc) is 2.89. The van der Waals surface area contributed by atoms with E-state index in [1.165, 1.54) is 24.3 Å². The van der Waals surface area contributed by atoms with Crippen LogP contribution in [0.5, 0.6) is 0 Å². The van der Waals surface area contributed by atoms with E-state index < -0.39 is 4.92 Å². The number of nitrogens with zero attached hydrogens (tertiary/aromatic N) is 1. The molecule has 1 saturated heterocycles. The second-order valence-corrected chi connectivity index (χ2v) is 5.43. The third kappa shape index (κ3) is 3.27. The number of nitrogens with two attached hydrogens (primary N) is 1. The van der Waals surface area contributed by atoms with Gasteiger partial charge in [0.25, 0.3) is 5.69 Å². The SMILES string of the molecule is NNc1cc(NCC2CCSC2)cc([N+](=O)[O-])c1. The molecule has 0 bridgehead atoms. The van der Waals surface area contributed by atoms with E-state index in [1.807, 2.05) is 11.8 Å². The van der Waals surface area contributed by atoms with E-state index in [2.05, 4.69) is 10.7 Å². The first-order chi connectivity index (χ1) is 8.69. The highest BCUT2D eigenvalue weighted by Gasteiger charge is 2.16. The second kappa shape index (κ2) is 5.92. The van der Waals surface area contributed by atoms with Crippen molar-refractivity contribution in [2.24, 2.45) is 11.8 Å². The Hall–Kier alpha value is -1.47. The van der Waals surface area contributed by atoms with Crippen molar-refractivity contribution >= 4 is 28.8 Å². The van der Waals surface area contributed by atoms with Crippen molar-refractivity contribution in [1.29, 1.82) is 0 Å². The number of hydrazine groups is 1. The lowest BCUT2D eigenvalue weighted by Crippen LogP contribution is -2.14. The van der Waals surface area contributed by atoms with Crippen LogP contribution in [-0.2, 0) is 0 Å². The van der Waals surface area contributed by atoms with Crippen LogP contribution in [0.4, 0.5) is 17.1 Å². The van der Waals surface area contributed by atoms with E-state index in [9.17, 15) is 10.1 Å². The van der Waals surface area contributed by atoms with Crippen LogP contribution in [-0.4, -0.2) is 23.0 Å². The predicted octanol–water partition coefficient (Wildman–Crippen LogP) is 2.05. The minimum atomic E-state index is -0.419. The maximum atomic E-state index is 10.8. The first-order valence-corrected chi connectivity index (χ1v) is 6.92. The van der Waals surface area contributed by atoms with Gasteiger partial charge in [0, 0.05) is 24.4 Å². The molecule has 1 heterocycles. The molecule has 1 fully saturated rings. The number of nitro benzene ring substituents is 1. The molecule has 0 spiro atoms. The molecular formula is C11H16N4O2S. The van der Waals surface area contributed by atoms with Gasteiger partial charge < -0.3 is 10.7 Å². The molecule has 0 radical (unpaired) electrons. The van der Waals surface area contributed by atoms with E-state index in [0.717, 1.165) is 18.0 Å². The molecule has 1 atom stereocenters. The Labute approximate surface area is 109 Å². The Bertz CT molecular complexity index is 435. The molecule has 4 N–H and O–H groups in total. The number of anilines is 2. The Morgan fingerprint density at radius 1 is 1.44 bits per heavy atom. The van der Waals surface area contributed by atoms with E-state index in [0.29, 0.717) is 11.6 Å². The maximum Gasteiger partial charge on any atom is 0.273 e. The number of hydrogen-bond acceptors (Lipinski definition) is 6. The fraction of sp³-hybridized carbons (Fsp3) is 0.455. The normalized spacial score (nSPS) is 18.6. The minimum absolute atomic E-state index is 0.0359. The van der Waals surface area contributed by atoms with Crippen LogP contribution in [0.3, 0.4) is 0 Å². The van der Waals surface area contributed by atoms with Gasteiger partial charge in [-0.3, -0.25) is 16.0 Å². The van der Waals surface area contributed by atoms with Gasteiger partial charge in [-0.25, -0.2) is 0 Å². The molecule has 6 nitrogen and oxygen atoms in total. The van der Waals surface area contributed by atoms with Gasteiger partial charge in [-0.15, -0.1) is 0 Å². The van der Waals surface area contributed by atoms with Crippen LogP contribution in [0.2, 0.25) is 0 Å². The van der Waals surface area contributed by atoms with E-state index in [-0.39, 0.29) is 5.69 Å². The Morgan fingerprint density at radius 3 is 2.83 bits per heavy atom. The smallest absolute Gasteiger partial charge is 0.273 e. The minimum Gasteiger partial charge on any atom is -0.384 e. The molecule has 0 aliphatic carbocycles. The van der Waals surface area contributed by atoms with Crippen molar-refractivity contribution in [3.63, 3.8) is 0 Å². The van der Waals surface area contributed by atoms with Gasteiger partial charge in [0.1, 0.15) is 0 Å². The fourth-order valence-corrected chi connectivity index (χ4v) is 3.19. The summed E-state index contributed by atoms with van der Waals surface area (Å²) in [5.74, 6) is 8.31. The Morgan fingerprint density at radius 2 is 2.22 bits per heavy atom. The zero-order valence-electron chi connectivity index (χ0n) is 9.89. The van der Waals surface area contributed by atoms with Gasteiger partial charge in [0.2, 0.25) is 0 Å². The molecule has 1 aromatic carbocycles. The molecule has 0 aromatic heterocycles. The maximum absolute atomic E-state index is 10.8. The van der Waals surface area contributed by atoms with Crippen molar-refractivity contribution in [3.05, 3.63) is 28.3 Å². The molecule has 98 valence electrons. The number of non-ortho nitro benzene ring substituents is 1. The summed E-state index contributed by atoms with van der Waals surface area (Å²) in [6, 6.07) is 4.72. The zero-order chi connectivity index (χ0) is 13.0. The highest BCUT2D eigenvalue weighted by Crippen LogP contribution is 2.26. The molecule has 1 aliphatic heterocycles. The number of nitrogen functional groups attached to an aromatic ring is 1. The Balaban J connectivity index is 2.05. The summed E-state index contributed by atoms with van der Waals surface area (Å²) >= 11 is 1.95. The molecule has 1 aromatic rings. The highest BCUT2D eigenvalue weighted by atomic mass is 32.2. The first-order valence-electron chi connectivity index (χ1n) is 5.77. The van der Waals surface area contributed by atoms with Crippen LogP contribution < -0.4 is 16.6 Å². The summed E-state index contributed by atoms with van der Waals surface area (Å²) in [4.78, 5) is 10.4. The van der Waals surface area contributed by atoms with E-state index in [1.54, 1.807) is 6.07 Å². The van der Waals surface area contributed by atoms with Gasteiger partial charge in [-0.1, -0.05) is 0 Å². The lowest BCUT2D eigenvalue weighted by molar-refractivity contribution is -0.384. The topological polar surface area (TPSA) is 93.2 Å². The lowest BCUT2D eigenvalue weighted by atomic mass is 10.1. The van der Waals surface area contributed by atoms with Gasteiger partial charge in [0.05, 0.1) is 10.6 Å². The van der Waals surface area contributed by atoms with Crippen molar-refractivity contribution < 1.29 is 4.92 Å². The van der Waals surface area contributed by atoms with Crippen molar-refractivity contribution in [2.45, 2.75) is 6.42 Å². The van der Waals surface area contributed by atoms with E-state index in [4.69, 9.17) is 5.84 Å². The summed E-state index contributed by atoms with van der Waals surface area (Å²) in [5, 5.41) is 14.0. The number of nitro groups is 1. The lowest BCUT2D eigenvalue weighted by Gasteiger charge is -2.12. The summed E-state index contributed by atoms with van der Waals surface area (Å²) in [5.41, 5.74) is 3.74. The molecule has 18 heavy (non-hydrogen) atoms.